The molecule has 0 fully saturated rings. The Morgan fingerprint density at radius 2 is 2.07 bits per heavy atom. The van der Waals surface area contributed by atoms with E-state index in [0.29, 0.717) is 0 Å². The third kappa shape index (κ3) is 2.42. The van der Waals surface area contributed by atoms with Gasteiger partial charge >= 0.3 is 0 Å². The molecule has 0 aromatic heterocycles. The fourth-order valence-electron chi connectivity index (χ4n) is 1.05. The monoisotopic (exact) mass is 231 g/mol. The van der Waals surface area contributed by atoms with Crippen molar-refractivity contribution in [2.75, 3.05) is 11.7 Å². The van der Waals surface area contributed by atoms with E-state index >= 15 is 0 Å². The Balaban J connectivity index is 3.46. The second-order valence-corrected chi connectivity index (χ2v) is 4.84. The lowest BCUT2D eigenvalue weighted by Crippen LogP contribution is -2.11. The van der Waals surface area contributed by atoms with Gasteiger partial charge in [0.15, 0.2) is 9.84 Å². The number of nitrogens with one attached hydrogen (secondary N) is 1. The predicted molar refractivity (Wildman–Crippen MR) is 54.0 cm³/mol. The normalized spacial score (nSPS) is 11.1. The minimum atomic E-state index is -3.55. The average Bonchev–Trinajstić information content (AvgIpc) is 2.15. The lowest BCUT2D eigenvalue weighted by Gasteiger charge is -2.06. The van der Waals surface area contributed by atoms with E-state index in [9.17, 15) is 18.5 Å². The maximum atomic E-state index is 11.3. The second-order valence-electron chi connectivity index (χ2n) is 2.85. The van der Waals surface area contributed by atoms with E-state index in [0.717, 1.165) is 12.3 Å². The molecule has 0 radical (unpaired) electrons. The summed E-state index contributed by atoms with van der Waals surface area (Å²) in [5.74, 6) is 5.09. The van der Waals surface area contributed by atoms with Crippen molar-refractivity contribution < 1.29 is 13.3 Å². The van der Waals surface area contributed by atoms with Gasteiger partial charge in [0, 0.05) is 18.4 Å². The largest absolute Gasteiger partial charge is 0.323 e. The number of sulfone groups is 1. The average molecular weight is 231 g/mol. The van der Waals surface area contributed by atoms with Crippen LogP contribution in [0.5, 0.6) is 0 Å². The van der Waals surface area contributed by atoms with Crippen molar-refractivity contribution in [3.05, 3.63) is 28.3 Å². The maximum absolute atomic E-state index is 11.3. The summed E-state index contributed by atoms with van der Waals surface area (Å²) in [6.07, 6.45) is 0.951. The first kappa shape index (κ1) is 11.4. The highest BCUT2D eigenvalue weighted by Gasteiger charge is 2.17. The predicted octanol–water partition coefficient (Wildman–Crippen LogP) is 0.284. The van der Waals surface area contributed by atoms with Gasteiger partial charge in [-0.3, -0.25) is 16.0 Å². The Bertz CT molecular complexity index is 497. The minimum absolute atomic E-state index is 0.128. The van der Waals surface area contributed by atoms with E-state index in [2.05, 4.69) is 5.43 Å². The number of nitrogens with two attached hydrogens (primary N) is 1. The molecular weight excluding hydrogens is 222 g/mol. The molecule has 0 saturated heterocycles. The summed E-state index contributed by atoms with van der Waals surface area (Å²) in [6.45, 7) is 0. The molecule has 0 unspecified atom stereocenters. The standard InChI is InChI=1S/C7H9N3O4S/c1-15(13,14)7-4-5(10(11)12)2-3-6(7)9-8/h2-4,9H,8H2,1H3. The van der Waals surface area contributed by atoms with Crippen molar-refractivity contribution in [1.82, 2.24) is 0 Å². The first-order chi connectivity index (χ1) is 6.86. The summed E-state index contributed by atoms with van der Waals surface area (Å²) in [5.41, 5.74) is 2.00. The van der Waals surface area contributed by atoms with E-state index in [1.807, 2.05) is 0 Å². The molecule has 0 aliphatic rings. The van der Waals surface area contributed by atoms with Crippen LogP contribution in [-0.4, -0.2) is 19.6 Å². The fourth-order valence-corrected chi connectivity index (χ4v) is 1.91. The Labute approximate surface area is 85.9 Å². The molecule has 0 spiro atoms. The van der Waals surface area contributed by atoms with Crippen molar-refractivity contribution in [2.45, 2.75) is 4.90 Å². The maximum Gasteiger partial charge on any atom is 0.270 e. The fraction of sp³-hybridized carbons (Fsp3) is 0.143. The molecule has 0 amide bonds. The minimum Gasteiger partial charge on any atom is -0.323 e. The van der Waals surface area contributed by atoms with Gasteiger partial charge in [0.25, 0.3) is 5.69 Å². The van der Waals surface area contributed by atoms with Crippen LogP contribution in [0.2, 0.25) is 0 Å². The van der Waals surface area contributed by atoms with Gasteiger partial charge in [0.1, 0.15) is 0 Å². The summed E-state index contributed by atoms with van der Waals surface area (Å²) >= 11 is 0. The molecule has 1 rings (SSSR count). The molecule has 0 heterocycles. The Morgan fingerprint density at radius 3 is 2.47 bits per heavy atom. The zero-order valence-corrected chi connectivity index (χ0v) is 8.61. The van der Waals surface area contributed by atoms with Crippen LogP contribution in [0, 0.1) is 10.1 Å². The highest BCUT2D eigenvalue weighted by Crippen LogP contribution is 2.25. The van der Waals surface area contributed by atoms with Crippen molar-refractivity contribution in [2.24, 2.45) is 5.84 Å². The number of hydrogen-bond acceptors (Lipinski definition) is 6. The lowest BCUT2D eigenvalue weighted by molar-refractivity contribution is -0.385. The molecular formula is C7H9N3O4S. The number of nitrogens with zero attached hydrogens (tertiary/aromatic N) is 1. The Kier molecular flexibility index (Phi) is 2.91. The van der Waals surface area contributed by atoms with Crippen molar-refractivity contribution in [3.63, 3.8) is 0 Å². The van der Waals surface area contributed by atoms with Gasteiger partial charge in [0.2, 0.25) is 0 Å². The molecule has 0 aliphatic carbocycles. The highest BCUT2D eigenvalue weighted by molar-refractivity contribution is 7.90. The summed E-state index contributed by atoms with van der Waals surface area (Å²) in [7, 11) is -3.55. The quantitative estimate of drug-likeness (QED) is 0.438. The van der Waals surface area contributed by atoms with E-state index in [1.54, 1.807) is 0 Å². The Hall–Kier alpha value is -1.67. The second kappa shape index (κ2) is 3.83. The molecule has 0 atom stereocenters. The third-order valence-corrected chi connectivity index (χ3v) is 2.87. The van der Waals surface area contributed by atoms with Crippen molar-refractivity contribution in [1.29, 1.82) is 0 Å². The molecule has 15 heavy (non-hydrogen) atoms. The van der Waals surface area contributed by atoms with Gasteiger partial charge in [-0.25, -0.2) is 8.42 Å². The zero-order chi connectivity index (χ0) is 11.6. The summed E-state index contributed by atoms with van der Waals surface area (Å²) in [6, 6.07) is 3.38. The van der Waals surface area contributed by atoms with Crippen LogP contribution in [0.4, 0.5) is 11.4 Å². The number of rotatable bonds is 3. The highest BCUT2D eigenvalue weighted by atomic mass is 32.2. The molecule has 82 valence electrons. The van der Waals surface area contributed by atoms with Gasteiger partial charge in [-0.15, -0.1) is 0 Å². The lowest BCUT2D eigenvalue weighted by atomic mass is 10.3. The van der Waals surface area contributed by atoms with E-state index < -0.39 is 14.8 Å². The van der Waals surface area contributed by atoms with E-state index in [-0.39, 0.29) is 16.3 Å². The molecule has 8 heteroatoms. The summed E-state index contributed by atoms with van der Waals surface area (Å²) in [5, 5.41) is 10.4. The number of nitrogen functional groups attached to an aromatic ring is 1. The number of nitro groups is 1. The van der Waals surface area contributed by atoms with Gasteiger partial charge in [0.05, 0.1) is 15.5 Å². The molecule has 1 aromatic carbocycles. The number of hydrazine groups is 1. The van der Waals surface area contributed by atoms with Gasteiger partial charge in [-0.1, -0.05) is 0 Å². The van der Waals surface area contributed by atoms with Gasteiger partial charge in [-0.05, 0) is 6.07 Å². The SMILES string of the molecule is CS(=O)(=O)c1cc([N+](=O)[O-])ccc1NN. The Morgan fingerprint density at radius 1 is 1.47 bits per heavy atom. The van der Waals surface area contributed by atoms with Crippen LogP contribution < -0.4 is 11.3 Å². The molecule has 1 aromatic rings. The number of anilines is 1. The zero-order valence-electron chi connectivity index (χ0n) is 7.80. The summed E-state index contributed by atoms with van der Waals surface area (Å²) < 4.78 is 22.5. The van der Waals surface area contributed by atoms with E-state index in [4.69, 9.17) is 5.84 Å². The third-order valence-electron chi connectivity index (χ3n) is 1.73. The van der Waals surface area contributed by atoms with E-state index in [1.165, 1.54) is 12.1 Å². The molecule has 0 aliphatic heterocycles. The van der Waals surface area contributed by atoms with Crippen LogP contribution in [0.15, 0.2) is 23.1 Å². The molecule has 0 saturated carbocycles. The molecule has 0 bridgehead atoms. The van der Waals surface area contributed by atoms with Crippen LogP contribution >= 0.6 is 0 Å². The molecule has 7 nitrogen and oxygen atoms in total. The van der Waals surface area contributed by atoms with Crippen molar-refractivity contribution in [3.8, 4) is 0 Å². The van der Waals surface area contributed by atoms with Crippen molar-refractivity contribution >= 4 is 21.2 Å². The van der Waals surface area contributed by atoms with Crippen LogP contribution in [0.3, 0.4) is 0 Å². The van der Waals surface area contributed by atoms with Crippen LogP contribution in [0.1, 0.15) is 0 Å². The summed E-state index contributed by atoms with van der Waals surface area (Å²) in [4.78, 5) is 9.57. The molecule has 3 N–H and O–H groups in total. The first-order valence-corrected chi connectivity index (χ1v) is 5.70. The topological polar surface area (TPSA) is 115 Å². The number of non-ortho nitro benzene ring substituents is 1. The van der Waals surface area contributed by atoms with Crippen LogP contribution in [0.25, 0.3) is 0 Å². The number of hydrogen-bond donors (Lipinski definition) is 2. The van der Waals surface area contributed by atoms with Crippen LogP contribution in [-0.2, 0) is 9.84 Å². The van der Waals surface area contributed by atoms with Gasteiger partial charge < -0.3 is 5.43 Å². The van der Waals surface area contributed by atoms with Gasteiger partial charge in [-0.2, -0.15) is 0 Å². The number of benzene rings is 1. The smallest absolute Gasteiger partial charge is 0.270 e. The number of nitro benzene ring substituents is 1. The first-order valence-electron chi connectivity index (χ1n) is 3.81.